The van der Waals surface area contributed by atoms with Gasteiger partial charge in [-0.25, -0.2) is 4.98 Å². The van der Waals surface area contributed by atoms with E-state index in [4.69, 9.17) is 10.5 Å². The molecule has 0 atom stereocenters. The normalized spacial score (nSPS) is 10.9. The highest BCUT2D eigenvalue weighted by Crippen LogP contribution is 2.18. The molecule has 0 aliphatic rings. The maximum Gasteiger partial charge on any atom is 0.263 e. The Balaban J connectivity index is 2.20. The second-order valence-corrected chi connectivity index (χ2v) is 5.55. The van der Waals surface area contributed by atoms with Gasteiger partial charge in [-0.3, -0.25) is 4.79 Å². The van der Waals surface area contributed by atoms with Crippen molar-refractivity contribution in [3.63, 3.8) is 0 Å². The van der Waals surface area contributed by atoms with Crippen molar-refractivity contribution in [2.24, 2.45) is 5.92 Å². The van der Waals surface area contributed by atoms with Crippen LogP contribution in [0.4, 0.5) is 5.13 Å². The zero-order valence-corrected chi connectivity index (χ0v) is 12.0. The van der Waals surface area contributed by atoms with Crippen molar-refractivity contribution in [1.29, 1.82) is 0 Å². The number of anilines is 1. The van der Waals surface area contributed by atoms with E-state index in [1.807, 2.05) is 0 Å². The molecule has 18 heavy (non-hydrogen) atoms. The number of ether oxygens (including phenoxy) is 1. The molecule has 1 amide bonds. The molecule has 1 aromatic heterocycles. The van der Waals surface area contributed by atoms with Crippen LogP contribution in [0.3, 0.4) is 0 Å². The molecule has 0 fully saturated rings. The minimum absolute atomic E-state index is 0.130. The van der Waals surface area contributed by atoms with Gasteiger partial charge in [0.15, 0.2) is 5.13 Å². The maximum atomic E-state index is 11.8. The number of aryl methyl sites for hydroxylation is 1. The Morgan fingerprint density at radius 3 is 2.78 bits per heavy atom. The Hall–Kier alpha value is -1.14. The molecule has 0 aliphatic carbocycles. The summed E-state index contributed by atoms with van der Waals surface area (Å²) in [5.41, 5.74) is 6.22. The Morgan fingerprint density at radius 1 is 1.50 bits per heavy atom. The number of amides is 1. The van der Waals surface area contributed by atoms with Crippen LogP contribution in [0.1, 0.15) is 35.6 Å². The summed E-state index contributed by atoms with van der Waals surface area (Å²) < 4.78 is 5.41. The Morgan fingerprint density at radius 2 is 2.22 bits per heavy atom. The monoisotopic (exact) mass is 271 g/mol. The summed E-state index contributed by atoms with van der Waals surface area (Å²) in [5.74, 6) is 0.511. The lowest BCUT2D eigenvalue weighted by molar-refractivity contribution is 0.0909. The summed E-state index contributed by atoms with van der Waals surface area (Å²) in [6.07, 6.45) is 1.04. The van der Waals surface area contributed by atoms with Crippen LogP contribution >= 0.6 is 11.3 Å². The van der Waals surface area contributed by atoms with E-state index in [0.29, 0.717) is 34.8 Å². The third-order valence-electron chi connectivity index (χ3n) is 2.39. The fourth-order valence-corrected chi connectivity index (χ4v) is 2.12. The summed E-state index contributed by atoms with van der Waals surface area (Å²) in [6, 6.07) is 0. The summed E-state index contributed by atoms with van der Waals surface area (Å²) in [5, 5.41) is 3.21. The average Bonchev–Trinajstić information content (AvgIpc) is 2.62. The van der Waals surface area contributed by atoms with Crippen LogP contribution < -0.4 is 11.1 Å². The molecule has 0 bridgehead atoms. The first-order chi connectivity index (χ1) is 8.50. The number of carbonyl (C=O) groups is 1. The van der Waals surface area contributed by atoms with Crippen molar-refractivity contribution in [2.45, 2.75) is 27.2 Å². The largest absolute Gasteiger partial charge is 0.380 e. The fourth-order valence-electron chi connectivity index (χ4n) is 1.37. The van der Waals surface area contributed by atoms with E-state index in [0.717, 1.165) is 13.0 Å². The van der Waals surface area contributed by atoms with Crippen molar-refractivity contribution in [2.75, 3.05) is 25.5 Å². The van der Waals surface area contributed by atoms with E-state index in [9.17, 15) is 4.79 Å². The number of thiazole rings is 1. The molecule has 6 heteroatoms. The molecule has 0 spiro atoms. The number of nitrogens with one attached hydrogen (secondary N) is 1. The average molecular weight is 271 g/mol. The second-order valence-electron chi connectivity index (χ2n) is 4.52. The number of nitrogen functional groups attached to an aromatic ring is 1. The molecule has 5 nitrogen and oxygen atoms in total. The fraction of sp³-hybridized carbons (Fsp3) is 0.667. The molecule has 1 aromatic rings. The lowest BCUT2D eigenvalue weighted by Crippen LogP contribution is -2.27. The van der Waals surface area contributed by atoms with E-state index in [2.05, 4.69) is 24.1 Å². The molecule has 3 N–H and O–H groups in total. The van der Waals surface area contributed by atoms with E-state index in [1.165, 1.54) is 11.3 Å². The second kappa shape index (κ2) is 7.33. The first-order valence-electron chi connectivity index (χ1n) is 6.09. The predicted octanol–water partition coefficient (Wildman–Crippen LogP) is 1.83. The van der Waals surface area contributed by atoms with Gasteiger partial charge < -0.3 is 15.8 Å². The highest BCUT2D eigenvalue weighted by molar-refractivity contribution is 7.17. The standard InChI is InChI=1S/C12H21N3O2S/c1-8(2)4-6-17-7-5-14-11(16)10-9(3)15-12(13)18-10/h8H,4-7H2,1-3H3,(H2,13,15)(H,14,16). The van der Waals surface area contributed by atoms with Gasteiger partial charge in [-0.05, 0) is 19.3 Å². The molecule has 0 aliphatic heterocycles. The minimum Gasteiger partial charge on any atom is -0.380 e. The van der Waals surface area contributed by atoms with Gasteiger partial charge in [-0.1, -0.05) is 25.2 Å². The van der Waals surface area contributed by atoms with Gasteiger partial charge in [-0.15, -0.1) is 0 Å². The Kier molecular flexibility index (Phi) is 6.07. The van der Waals surface area contributed by atoms with Gasteiger partial charge in [0.1, 0.15) is 4.88 Å². The molecule has 1 rings (SSSR count). The lowest BCUT2D eigenvalue weighted by atomic mass is 10.1. The molecule has 0 radical (unpaired) electrons. The van der Waals surface area contributed by atoms with Crippen LogP contribution in [0.15, 0.2) is 0 Å². The molecule has 102 valence electrons. The van der Waals surface area contributed by atoms with Crippen LogP contribution in [-0.2, 0) is 4.74 Å². The molecule has 0 aromatic carbocycles. The molecule has 0 saturated heterocycles. The van der Waals surface area contributed by atoms with Gasteiger partial charge in [0.25, 0.3) is 5.91 Å². The summed E-state index contributed by atoms with van der Waals surface area (Å²) >= 11 is 1.21. The number of hydrogen-bond donors (Lipinski definition) is 2. The maximum absolute atomic E-state index is 11.8. The topological polar surface area (TPSA) is 77.2 Å². The number of aromatic nitrogens is 1. The molecular weight excluding hydrogens is 250 g/mol. The van der Waals surface area contributed by atoms with Gasteiger partial charge in [0, 0.05) is 13.2 Å². The predicted molar refractivity (Wildman–Crippen MR) is 73.9 cm³/mol. The third kappa shape index (κ3) is 5.01. The summed E-state index contributed by atoms with van der Waals surface area (Å²) in [4.78, 5) is 16.4. The zero-order chi connectivity index (χ0) is 13.5. The number of rotatable bonds is 7. The van der Waals surface area contributed by atoms with E-state index in [-0.39, 0.29) is 5.91 Å². The van der Waals surface area contributed by atoms with E-state index in [1.54, 1.807) is 6.92 Å². The van der Waals surface area contributed by atoms with Crippen LogP contribution in [-0.4, -0.2) is 30.6 Å². The van der Waals surface area contributed by atoms with Crippen molar-refractivity contribution >= 4 is 22.4 Å². The molecule has 0 saturated carbocycles. The van der Waals surface area contributed by atoms with Crippen LogP contribution in [0, 0.1) is 12.8 Å². The van der Waals surface area contributed by atoms with Crippen LogP contribution in [0.25, 0.3) is 0 Å². The van der Waals surface area contributed by atoms with Gasteiger partial charge in [0.05, 0.1) is 12.3 Å². The summed E-state index contributed by atoms with van der Waals surface area (Å²) in [6.45, 7) is 7.87. The Bertz CT molecular complexity index is 391. The first kappa shape index (κ1) is 14.9. The van der Waals surface area contributed by atoms with Gasteiger partial charge in [-0.2, -0.15) is 0 Å². The molecule has 0 unspecified atom stereocenters. The van der Waals surface area contributed by atoms with Gasteiger partial charge in [0.2, 0.25) is 0 Å². The first-order valence-corrected chi connectivity index (χ1v) is 6.91. The number of carbonyl (C=O) groups excluding carboxylic acids is 1. The van der Waals surface area contributed by atoms with E-state index < -0.39 is 0 Å². The number of hydrogen-bond acceptors (Lipinski definition) is 5. The number of nitrogens with two attached hydrogens (primary N) is 1. The summed E-state index contributed by atoms with van der Waals surface area (Å²) in [7, 11) is 0. The SMILES string of the molecule is Cc1nc(N)sc1C(=O)NCCOCCC(C)C. The lowest BCUT2D eigenvalue weighted by Gasteiger charge is -2.07. The molecule has 1 heterocycles. The highest BCUT2D eigenvalue weighted by atomic mass is 32.1. The number of nitrogens with zero attached hydrogens (tertiary/aromatic N) is 1. The van der Waals surface area contributed by atoms with Gasteiger partial charge >= 0.3 is 0 Å². The van der Waals surface area contributed by atoms with Crippen LogP contribution in [0.2, 0.25) is 0 Å². The van der Waals surface area contributed by atoms with Crippen molar-refractivity contribution in [1.82, 2.24) is 10.3 Å². The minimum atomic E-state index is -0.130. The van der Waals surface area contributed by atoms with Crippen LogP contribution in [0.5, 0.6) is 0 Å². The highest BCUT2D eigenvalue weighted by Gasteiger charge is 2.13. The Labute approximate surface area is 112 Å². The quantitative estimate of drug-likeness (QED) is 0.742. The van der Waals surface area contributed by atoms with Crippen molar-refractivity contribution in [3.8, 4) is 0 Å². The smallest absolute Gasteiger partial charge is 0.263 e. The molecular formula is C12H21N3O2S. The van der Waals surface area contributed by atoms with E-state index >= 15 is 0 Å². The zero-order valence-electron chi connectivity index (χ0n) is 11.2. The third-order valence-corrected chi connectivity index (χ3v) is 3.38. The van der Waals surface area contributed by atoms with Crippen molar-refractivity contribution < 1.29 is 9.53 Å². The van der Waals surface area contributed by atoms with Crippen molar-refractivity contribution in [3.05, 3.63) is 10.6 Å².